The van der Waals surface area contributed by atoms with E-state index in [1.54, 1.807) is 4.90 Å². The minimum absolute atomic E-state index is 0.0877. The molecule has 5 heteroatoms. The number of rotatable bonds is 5. The third-order valence-corrected chi connectivity index (χ3v) is 4.70. The first-order chi connectivity index (χ1) is 11.7. The van der Waals surface area contributed by atoms with Gasteiger partial charge in [-0.3, -0.25) is 14.5 Å². The van der Waals surface area contributed by atoms with Gasteiger partial charge in [-0.2, -0.15) is 0 Å². The van der Waals surface area contributed by atoms with Gasteiger partial charge < -0.3 is 9.80 Å². The second-order valence-corrected chi connectivity index (χ2v) is 6.41. The average Bonchev–Trinajstić information content (AvgIpc) is 3.01. The highest BCUT2D eigenvalue weighted by molar-refractivity contribution is 5.85. The number of hydrogen-bond acceptors (Lipinski definition) is 3. The fourth-order valence-electron chi connectivity index (χ4n) is 3.22. The van der Waals surface area contributed by atoms with E-state index in [0.29, 0.717) is 6.42 Å². The van der Waals surface area contributed by atoms with E-state index in [1.165, 1.54) is 5.56 Å². The summed E-state index contributed by atoms with van der Waals surface area (Å²) < 4.78 is 0. The Balaban J connectivity index is 1.40. The number of carbonyl (C=O) groups excluding carboxylic acids is 2. The number of likely N-dealkylation sites (tertiary alicyclic amines) is 1. The number of piperazine rings is 1. The molecular weight excluding hydrogens is 302 g/mol. The van der Waals surface area contributed by atoms with E-state index in [9.17, 15) is 9.59 Å². The van der Waals surface area contributed by atoms with E-state index in [0.717, 1.165) is 45.7 Å². The van der Waals surface area contributed by atoms with Gasteiger partial charge in [-0.15, -0.1) is 0 Å². The first kappa shape index (κ1) is 16.7. The molecular formula is C19H25N3O2. The smallest absolute Gasteiger partial charge is 0.242 e. The van der Waals surface area contributed by atoms with Gasteiger partial charge >= 0.3 is 0 Å². The topological polar surface area (TPSA) is 43.9 Å². The van der Waals surface area contributed by atoms with Gasteiger partial charge in [0.1, 0.15) is 0 Å². The lowest BCUT2D eigenvalue weighted by atomic mass is 10.2. The van der Waals surface area contributed by atoms with Gasteiger partial charge in [0, 0.05) is 45.7 Å². The van der Waals surface area contributed by atoms with Crippen molar-refractivity contribution in [2.75, 3.05) is 45.8 Å². The Morgan fingerprint density at radius 2 is 1.79 bits per heavy atom. The molecule has 0 atom stereocenters. The van der Waals surface area contributed by atoms with Crippen molar-refractivity contribution in [2.45, 2.75) is 12.8 Å². The number of hydrogen-bond donors (Lipinski definition) is 0. The van der Waals surface area contributed by atoms with E-state index < -0.39 is 0 Å². The van der Waals surface area contributed by atoms with Gasteiger partial charge in [-0.25, -0.2) is 0 Å². The SMILES string of the molecule is O=C(CN1CCCC1=O)N1CCN(CC=Cc2ccccc2)CC1. The van der Waals surface area contributed by atoms with Crippen LogP contribution in [0.15, 0.2) is 36.4 Å². The van der Waals surface area contributed by atoms with Crippen molar-refractivity contribution in [1.82, 2.24) is 14.7 Å². The van der Waals surface area contributed by atoms with Gasteiger partial charge in [-0.05, 0) is 12.0 Å². The molecule has 0 radical (unpaired) electrons. The lowest BCUT2D eigenvalue weighted by molar-refractivity contribution is -0.139. The highest BCUT2D eigenvalue weighted by Crippen LogP contribution is 2.11. The van der Waals surface area contributed by atoms with Crippen LogP contribution in [0.1, 0.15) is 18.4 Å². The minimum Gasteiger partial charge on any atom is -0.339 e. The molecule has 0 saturated carbocycles. The number of carbonyl (C=O) groups is 2. The molecule has 2 aliphatic heterocycles. The van der Waals surface area contributed by atoms with Crippen molar-refractivity contribution in [3.05, 3.63) is 42.0 Å². The zero-order valence-electron chi connectivity index (χ0n) is 14.1. The molecule has 3 rings (SSSR count). The number of nitrogens with zero attached hydrogens (tertiary/aromatic N) is 3. The maximum atomic E-state index is 12.3. The predicted octanol–water partition coefficient (Wildman–Crippen LogP) is 1.47. The minimum atomic E-state index is 0.0877. The molecule has 0 aromatic heterocycles. The van der Waals surface area contributed by atoms with Crippen molar-refractivity contribution in [2.24, 2.45) is 0 Å². The van der Waals surface area contributed by atoms with Gasteiger partial charge in [-0.1, -0.05) is 42.5 Å². The summed E-state index contributed by atoms with van der Waals surface area (Å²) in [6, 6.07) is 10.3. The quantitative estimate of drug-likeness (QED) is 0.822. The van der Waals surface area contributed by atoms with E-state index >= 15 is 0 Å². The van der Waals surface area contributed by atoms with Crippen molar-refractivity contribution >= 4 is 17.9 Å². The maximum absolute atomic E-state index is 12.3. The first-order valence-corrected chi connectivity index (χ1v) is 8.72. The molecule has 0 bridgehead atoms. The Morgan fingerprint density at radius 3 is 2.46 bits per heavy atom. The summed E-state index contributed by atoms with van der Waals surface area (Å²) in [5.74, 6) is 0.206. The molecule has 0 N–H and O–H groups in total. The molecule has 2 saturated heterocycles. The predicted molar refractivity (Wildman–Crippen MR) is 94.3 cm³/mol. The normalized spacial score (nSPS) is 19.4. The van der Waals surface area contributed by atoms with Gasteiger partial charge in [0.25, 0.3) is 0 Å². The Labute approximate surface area is 143 Å². The molecule has 2 amide bonds. The summed E-state index contributed by atoms with van der Waals surface area (Å²) in [5, 5.41) is 0. The van der Waals surface area contributed by atoms with Gasteiger partial charge in [0.15, 0.2) is 0 Å². The average molecular weight is 327 g/mol. The Morgan fingerprint density at radius 1 is 1.04 bits per heavy atom. The van der Waals surface area contributed by atoms with Crippen LogP contribution in [-0.4, -0.2) is 72.3 Å². The lowest BCUT2D eigenvalue weighted by Gasteiger charge is -2.35. The van der Waals surface area contributed by atoms with E-state index in [4.69, 9.17) is 0 Å². The van der Waals surface area contributed by atoms with Crippen LogP contribution in [0.2, 0.25) is 0 Å². The molecule has 2 heterocycles. The summed E-state index contributed by atoms with van der Waals surface area (Å²) >= 11 is 0. The third kappa shape index (κ3) is 4.45. The van der Waals surface area contributed by atoms with Gasteiger partial charge in [0.05, 0.1) is 6.54 Å². The summed E-state index contributed by atoms with van der Waals surface area (Å²) in [7, 11) is 0. The monoisotopic (exact) mass is 327 g/mol. The van der Waals surface area contributed by atoms with Crippen molar-refractivity contribution < 1.29 is 9.59 Å². The molecule has 0 spiro atoms. The summed E-state index contributed by atoms with van der Waals surface area (Å²) in [6.45, 7) is 5.17. The fraction of sp³-hybridized carbons (Fsp3) is 0.474. The van der Waals surface area contributed by atoms with E-state index in [2.05, 4.69) is 29.2 Å². The molecule has 5 nitrogen and oxygen atoms in total. The molecule has 24 heavy (non-hydrogen) atoms. The van der Waals surface area contributed by atoms with Gasteiger partial charge in [0.2, 0.25) is 11.8 Å². The van der Waals surface area contributed by atoms with Crippen LogP contribution in [0.3, 0.4) is 0 Å². The van der Waals surface area contributed by atoms with Crippen LogP contribution < -0.4 is 0 Å². The highest BCUT2D eigenvalue weighted by Gasteiger charge is 2.26. The van der Waals surface area contributed by atoms with Crippen molar-refractivity contribution in [1.29, 1.82) is 0 Å². The summed E-state index contributed by atoms with van der Waals surface area (Å²) in [5.41, 5.74) is 1.21. The Bertz CT molecular complexity index is 592. The molecule has 2 aliphatic rings. The van der Waals surface area contributed by atoms with Crippen LogP contribution in [-0.2, 0) is 9.59 Å². The molecule has 2 fully saturated rings. The summed E-state index contributed by atoms with van der Waals surface area (Å²) in [4.78, 5) is 29.9. The summed E-state index contributed by atoms with van der Waals surface area (Å²) in [6.07, 6.45) is 5.79. The highest BCUT2D eigenvalue weighted by atomic mass is 16.2. The fourth-order valence-corrected chi connectivity index (χ4v) is 3.22. The van der Waals surface area contributed by atoms with Crippen LogP contribution in [0, 0.1) is 0 Å². The molecule has 1 aromatic rings. The second-order valence-electron chi connectivity index (χ2n) is 6.41. The molecule has 128 valence electrons. The lowest BCUT2D eigenvalue weighted by Crippen LogP contribution is -2.51. The first-order valence-electron chi connectivity index (χ1n) is 8.72. The zero-order valence-corrected chi connectivity index (χ0v) is 14.1. The van der Waals surface area contributed by atoms with Crippen molar-refractivity contribution in [3.8, 4) is 0 Å². The Hall–Kier alpha value is -2.14. The molecule has 0 aliphatic carbocycles. The standard InChI is InChI=1S/C19H25N3O2/c23-18-9-5-11-22(18)16-19(24)21-14-12-20(13-15-21)10-4-8-17-6-2-1-3-7-17/h1-4,6-8H,5,9-16H2. The third-order valence-electron chi connectivity index (χ3n) is 4.70. The zero-order chi connectivity index (χ0) is 16.8. The van der Waals surface area contributed by atoms with Crippen molar-refractivity contribution in [3.63, 3.8) is 0 Å². The molecule has 0 unspecified atom stereocenters. The van der Waals surface area contributed by atoms with Crippen LogP contribution in [0.25, 0.3) is 6.08 Å². The Kier molecular flexibility index (Phi) is 5.64. The van der Waals surface area contributed by atoms with Crippen LogP contribution in [0.4, 0.5) is 0 Å². The van der Waals surface area contributed by atoms with E-state index in [-0.39, 0.29) is 18.4 Å². The van der Waals surface area contributed by atoms with Crippen LogP contribution >= 0.6 is 0 Å². The number of amides is 2. The second kappa shape index (κ2) is 8.11. The van der Waals surface area contributed by atoms with Crippen LogP contribution in [0.5, 0.6) is 0 Å². The maximum Gasteiger partial charge on any atom is 0.242 e. The largest absolute Gasteiger partial charge is 0.339 e. The number of benzene rings is 1. The molecule has 1 aromatic carbocycles. The van der Waals surface area contributed by atoms with E-state index in [1.807, 2.05) is 23.1 Å².